The molecule has 0 nitrogen and oxygen atoms in total. The Balaban J connectivity index is 2.86. The van der Waals surface area contributed by atoms with Crippen LogP contribution in [0.3, 0.4) is 0 Å². The predicted molar refractivity (Wildman–Crippen MR) is 83.8 cm³/mol. The summed E-state index contributed by atoms with van der Waals surface area (Å²) in [6.07, 6.45) is 2.63. The summed E-state index contributed by atoms with van der Waals surface area (Å²) >= 11 is 0. The Bertz CT molecular complexity index is 256. The lowest BCUT2D eigenvalue weighted by Crippen LogP contribution is -2.42. The Kier molecular flexibility index (Phi) is 6.01. The topological polar surface area (TPSA) is 0 Å². The van der Waals surface area contributed by atoms with Crippen LogP contribution in [-0.4, -0.2) is 7.28 Å². The fourth-order valence-electron chi connectivity index (χ4n) is 4.94. The molecule has 1 rings (SSSR count). The summed E-state index contributed by atoms with van der Waals surface area (Å²) in [4.78, 5) is 0. The molecule has 0 aromatic carbocycles. The van der Waals surface area contributed by atoms with Crippen LogP contribution in [0.15, 0.2) is 12.6 Å². The van der Waals surface area contributed by atoms with Crippen molar-refractivity contribution in [2.45, 2.75) is 54.3 Å². The van der Waals surface area contributed by atoms with Gasteiger partial charge in [0.15, 0.2) is 0 Å². The summed E-state index contributed by atoms with van der Waals surface area (Å²) in [5.74, 6) is 7.97. The summed E-state index contributed by atoms with van der Waals surface area (Å²) in [5, 5.41) is 0. The first-order valence-corrected chi connectivity index (χ1v) is 7.84. The standard InChI is InChI=1S/C17H32B/c1-8-18-10-15-9-13(6)16(11(2)3)14(7)17(15)12(4)5/h8,11-17H,1,9-10H2,2-7H3. The smallest absolute Gasteiger partial charge is 0.130 e. The third-order valence-corrected chi connectivity index (χ3v) is 5.24. The van der Waals surface area contributed by atoms with Crippen molar-refractivity contribution in [3.63, 3.8) is 0 Å². The Labute approximate surface area is 116 Å². The third-order valence-electron chi connectivity index (χ3n) is 5.24. The second-order valence-electron chi connectivity index (χ2n) is 7.18. The quantitative estimate of drug-likeness (QED) is 0.594. The van der Waals surface area contributed by atoms with Gasteiger partial charge in [0.2, 0.25) is 0 Å². The van der Waals surface area contributed by atoms with Gasteiger partial charge in [0, 0.05) is 0 Å². The molecule has 5 unspecified atom stereocenters. The average molecular weight is 247 g/mol. The van der Waals surface area contributed by atoms with Gasteiger partial charge in [-0.2, -0.15) is 0 Å². The molecule has 1 aliphatic carbocycles. The largest absolute Gasteiger partial charge is 0.140 e. The maximum Gasteiger partial charge on any atom is 0.140 e. The van der Waals surface area contributed by atoms with Gasteiger partial charge < -0.3 is 0 Å². The molecule has 1 radical (unpaired) electrons. The lowest BCUT2D eigenvalue weighted by molar-refractivity contribution is 0.0106. The normalized spacial score (nSPS) is 37.0. The highest BCUT2D eigenvalue weighted by atomic mass is 14.5. The van der Waals surface area contributed by atoms with Gasteiger partial charge in [-0.25, -0.2) is 0 Å². The SMILES string of the molecule is C=C[B]CC1CC(C)C(C(C)C)C(C)C1C(C)C. The molecule has 0 aromatic heterocycles. The van der Waals surface area contributed by atoms with Gasteiger partial charge >= 0.3 is 0 Å². The molecule has 1 heteroatoms. The molecule has 0 bridgehead atoms. The van der Waals surface area contributed by atoms with E-state index in [1.807, 2.05) is 5.98 Å². The molecule has 0 spiro atoms. The average Bonchev–Trinajstić information content (AvgIpc) is 2.24. The molecule has 1 aliphatic rings. The molecule has 0 aliphatic heterocycles. The summed E-state index contributed by atoms with van der Waals surface area (Å²) in [6.45, 7) is 18.5. The van der Waals surface area contributed by atoms with Crippen LogP contribution in [0.1, 0.15) is 48.0 Å². The highest BCUT2D eigenvalue weighted by molar-refractivity contribution is 6.41. The molecule has 0 heterocycles. The summed E-state index contributed by atoms with van der Waals surface area (Å²) in [5.41, 5.74) is 0. The van der Waals surface area contributed by atoms with Crippen molar-refractivity contribution in [2.24, 2.45) is 41.4 Å². The second-order valence-corrected chi connectivity index (χ2v) is 7.18. The van der Waals surface area contributed by atoms with E-state index in [1.54, 1.807) is 0 Å². The van der Waals surface area contributed by atoms with E-state index >= 15 is 0 Å². The Hall–Kier alpha value is -0.195. The van der Waals surface area contributed by atoms with Gasteiger partial charge in [0.05, 0.1) is 0 Å². The Morgan fingerprint density at radius 1 is 1.11 bits per heavy atom. The van der Waals surface area contributed by atoms with Crippen molar-refractivity contribution in [3.8, 4) is 0 Å². The van der Waals surface area contributed by atoms with E-state index in [9.17, 15) is 0 Å². The molecule has 103 valence electrons. The molecular formula is C17H32B. The fraction of sp³-hybridized carbons (Fsp3) is 0.882. The van der Waals surface area contributed by atoms with E-state index in [1.165, 1.54) is 12.7 Å². The van der Waals surface area contributed by atoms with Crippen molar-refractivity contribution in [3.05, 3.63) is 12.6 Å². The molecule has 18 heavy (non-hydrogen) atoms. The third kappa shape index (κ3) is 3.42. The molecular weight excluding hydrogens is 215 g/mol. The van der Waals surface area contributed by atoms with Crippen molar-refractivity contribution in [1.82, 2.24) is 0 Å². The molecule has 0 saturated heterocycles. The first-order valence-electron chi connectivity index (χ1n) is 7.84. The van der Waals surface area contributed by atoms with E-state index in [4.69, 9.17) is 0 Å². The van der Waals surface area contributed by atoms with E-state index in [0.29, 0.717) is 0 Å². The second kappa shape index (κ2) is 6.82. The zero-order chi connectivity index (χ0) is 13.9. The minimum absolute atomic E-state index is 0.803. The van der Waals surface area contributed by atoms with E-state index in [0.717, 1.165) is 41.4 Å². The molecule has 0 N–H and O–H groups in total. The maximum absolute atomic E-state index is 3.84. The maximum atomic E-state index is 3.84. The van der Waals surface area contributed by atoms with Crippen molar-refractivity contribution in [1.29, 1.82) is 0 Å². The lowest BCUT2D eigenvalue weighted by atomic mass is 9.53. The monoisotopic (exact) mass is 247 g/mol. The van der Waals surface area contributed by atoms with Crippen LogP contribution >= 0.6 is 0 Å². The van der Waals surface area contributed by atoms with Gasteiger partial charge in [0.25, 0.3) is 0 Å². The number of hydrogen-bond donors (Lipinski definition) is 0. The first-order chi connectivity index (χ1) is 8.40. The molecule has 1 fully saturated rings. The fourth-order valence-corrected chi connectivity index (χ4v) is 4.94. The zero-order valence-corrected chi connectivity index (χ0v) is 13.3. The summed E-state index contributed by atoms with van der Waals surface area (Å²) in [7, 11) is 2.27. The van der Waals surface area contributed by atoms with Crippen LogP contribution in [0, 0.1) is 41.4 Å². The summed E-state index contributed by atoms with van der Waals surface area (Å²) in [6, 6.07) is 0. The molecule has 1 saturated carbocycles. The lowest BCUT2D eigenvalue weighted by Gasteiger charge is -2.49. The molecule has 0 amide bonds. The Morgan fingerprint density at radius 2 is 1.67 bits per heavy atom. The highest BCUT2D eigenvalue weighted by Crippen LogP contribution is 2.49. The van der Waals surface area contributed by atoms with Gasteiger partial charge in [-0.1, -0.05) is 47.9 Å². The van der Waals surface area contributed by atoms with Gasteiger partial charge in [-0.15, -0.1) is 12.6 Å². The van der Waals surface area contributed by atoms with Gasteiger partial charge in [0.1, 0.15) is 7.28 Å². The van der Waals surface area contributed by atoms with Crippen LogP contribution in [-0.2, 0) is 0 Å². The van der Waals surface area contributed by atoms with E-state index < -0.39 is 0 Å². The summed E-state index contributed by atoms with van der Waals surface area (Å²) < 4.78 is 0. The minimum atomic E-state index is 0.803. The predicted octanol–water partition coefficient (Wildman–Crippen LogP) is 5.09. The van der Waals surface area contributed by atoms with Crippen molar-refractivity contribution in [2.75, 3.05) is 0 Å². The van der Waals surface area contributed by atoms with Crippen LogP contribution in [0.4, 0.5) is 0 Å². The van der Waals surface area contributed by atoms with Crippen LogP contribution in [0.25, 0.3) is 0 Å². The highest BCUT2D eigenvalue weighted by Gasteiger charge is 2.42. The molecule has 0 aromatic rings. The van der Waals surface area contributed by atoms with E-state index in [-0.39, 0.29) is 0 Å². The van der Waals surface area contributed by atoms with Gasteiger partial charge in [-0.3, -0.25) is 0 Å². The minimum Gasteiger partial charge on any atom is -0.130 e. The van der Waals surface area contributed by atoms with Crippen LogP contribution in [0.2, 0.25) is 6.32 Å². The number of rotatable bonds is 5. The van der Waals surface area contributed by atoms with Crippen molar-refractivity contribution < 1.29 is 0 Å². The number of hydrogen-bond acceptors (Lipinski definition) is 0. The first kappa shape index (κ1) is 15.9. The zero-order valence-electron chi connectivity index (χ0n) is 13.3. The Morgan fingerprint density at radius 3 is 2.11 bits per heavy atom. The van der Waals surface area contributed by atoms with Crippen LogP contribution in [0.5, 0.6) is 0 Å². The van der Waals surface area contributed by atoms with Crippen molar-refractivity contribution >= 4 is 7.28 Å². The van der Waals surface area contributed by atoms with Gasteiger partial charge in [-0.05, 0) is 47.8 Å². The molecule has 5 atom stereocenters. The van der Waals surface area contributed by atoms with E-state index in [2.05, 4.69) is 55.4 Å². The van der Waals surface area contributed by atoms with Crippen LogP contribution < -0.4 is 0 Å².